The number of hydrogen-bond donors (Lipinski definition) is 1. The van der Waals surface area contributed by atoms with Crippen molar-refractivity contribution in [3.05, 3.63) is 52.5 Å². The Hall–Kier alpha value is -2.76. The van der Waals surface area contributed by atoms with E-state index in [1.165, 1.54) is 6.07 Å². The van der Waals surface area contributed by atoms with Crippen LogP contribution in [0.15, 0.2) is 28.7 Å². The molecule has 1 aromatic heterocycles. The lowest BCUT2D eigenvalue weighted by Gasteiger charge is -2.23. The van der Waals surface area contributed by atoms with Crippen molar-refractivity contribution < 1.29 is 23.8 Å². The first-order valence-electron chi connectivity index (χ1n) is 8.52. The molecule has 0 bridgehead atoms. The molecule has 0 radical (unpaired) electrons. The highest BCUT2D eigenvalue weighted by molar-refractivity contribution is 5.91. The van der Waals surface area contributed by atoms with E-state index in [0.29, 0.717) is 11.5 Å². The number of aryl methyl sites for hydroxylation is 2. The topological polar surface area (TPSA) is 80.0 Å². The van der Waals surface area contributed by atoms with Gasteiger partial charge in [-0.05, 0) is 49.9 Å². The van der Waals surface area contributed by atoms with Gasteiger partial charge in [0.1, 0.15) is 22.8 Å². The first kappa shape index (κ1) is 18.0. The summed E-state index contributed by atoms with van der Waals surface area (Å²) in [5, 5.41) is 9.13. The number of aromatic carboxylic acids is 1. The van der Waals surface area contributed by atoms with Gasteiger partial charge < -0.3 is 19.2 Å². The molecule has 1 saturated carbocycles. The molecule has 1 aliphatic carbocycles. The molecule has 3 rings (SSSR count). The Balaban J connectivity index is 1.80. The first-order chi connectivity index (χ1) is 12.3. The van der Waals surface area contributed by atoms with Crippen LogP contribution < -0.4 is 4.74 Å². The number of carbonyl (C=O) groups is 2. The molecular formula is C20H23NO5. The molecule has 0 atom stereocenters. The quantitative estimate of drug-likeness (QED) is 0.858. The number of hydrogen-bond acceptors (Lipinski definition) is 4. The monoisotopic (exact) mass is 357 g/mol. The summed E-state index contributed by atoms with van der Waals surface area (Å²) in [5.74, 6) is 0.564. The van der Waals surface area contributed by atoms with Gasteiger partial charge in [-0.3, -0.25) is 4.79 Å². The molecule has 1 aromatic carbocycles. The summed E-state index contributed by atoms with van der Waals surface area (Å²) < 4.78 is 10.9. The van der Waals surface area contributed by atoms with E-state index >= 15 is 0 Å². The fourth-order valence-electron chi connectivity index (χ4n) is 3.37. The predicted molar refractivity (Wildman–Crippen MR) is 95.5 cm³/mol. The molecule has 0 spiro atoms. The second kappa shape index (κ2) is 6.52. The summed E-state index contributed by atoms with van der Waals surface area (Å²) >= 11 is 0. The third-order valence-corrected chi connectivity index (χ3v) is 5.06. The average Bonchev–Trinajstić information content (AvgIpc) is 3.32. The van der Waals surface area contributed by atoms with Gasteiger partial charge in [0, 0.05) is 7.05 Å². The lowest BCUT2D eigenvalue weighted by atomic mass is 9.93. The number of carbonyl (C=O) groups excluding carboxylic acids is 1. The van der Waals surface area contributed by atoms with E-state index in [9.17, 15) is 9.59 Å². The van der Waals surface area contributed by atoms with Gasteiger partial charge in [0.2, 0.25) is 5.91 Å². The number of methoxy groups -OCH3 is 1. The maximum Gasteiger partial charge on any atom is 0.339 e. The zero-order valence-electron chi connectivity index (χ0n) is 15.5. The van der Waals surface area contributed by atoms with Crippen molar-refractivity contribution >= 4 is 11.9 Å². The zero-order valence-corrected chi connectivity index (χ0v) is 15.5. The van der Waals surface area contributed by atoms with E-state index in [2.05, 4.69) is 0 Å². The highest BCUT2D eigenvalue weighted by atomic mass is 16.5. The van der Waals surface area contributed by atoms with Crippen molar-refractivity contribution in [2.75, 3.05) is 14.2 Å². The smallest absolute Gasteiger partial charge is 0.339 e. The SMILES string of the molecule is COc1cc(C2(C(=O)N(C)Cc3cc(C(=O)O)c(C)o3)CC2)ccc1C. The van der Waals surface area contributed by atoms with Gasteiger partial charge in [0.15, 0.2) is 0 Å². The Morgan fingerprint density at radius 3 is 2.50 bits per heavy atom. The number of benzene rings is 1. The lowest BCUT2D eigenvalue weighted by Crippen LogP contribution is -2.36. The maximum atomic E-state index is 13.1. The van der Waals surface area contributed by atoms with Crippen molar-refractivity contribution in [3.63, 3.8) is 0 Å². The van der Waals surface area contributed by atoms with E-state index in [4.69, 9.17) is 14.3 Å². The highest BCUT2D eigenvalue weighted by Crippen LogP contribution is 2.50. The van der Waals surface area contributed by atoms with Crippen LogP contribution in [0, 0.1) is 13.8 Å². The molecule has 1 fully saturated rings. The highest BCUT2D eigenvalue weighted by Gasteiger charge is 2.52. The van der Waals surface area contributed by atoms with Gasteiger partial charge in [-0.25, -0.2) is 4.79 Å². The molecule has 0 unspecified atom stereocenters. The largest absolute Gasteiger partial charge is 0.496 e. The normalized spacial score (nSPS) is 14.8. The molecule has 1 aliphatic rings. The number of carboxylic acid groups (broad SMARTS) is 1. The number of ether oxygens (including phenoxy) is 1. The van der Waals surface area contributed by atoms with Gasteiger partial charge in [-0.2, -0.15) is 0 Å². The molecule has 138 valence electrons. The van der Waals surface area contributed by atoms with Gasteiger partial charge in [0.25, 0.3) is 0 Å². The van der Waals surface area contributed by atoms with Crippen LogP contribution in [-0.2, 0) is 16.8 Å². The molecule has 26 heavy (non-hydrogen) atoms. The Morgan fingerprint density at radius 1 is 1.27 bits per heavy atom. The summed E-state index contributed by atoms with van der Waals surface area (Å²) in [7, 11) is 3.34. The van der Waals surface area contributed by atoms with E-state index in [-0.39, 0.29) is 18.0 Å². The summed E-state index contributed by atoms with van der Waals surface area (Å²) in [6.07, 6.45) is 1.58. The molecule has 0 aliphatic heterocycles. The number of carboxylic acids is 1. The number of rotatable bonds is 6. The van der Waals surface area contributed by atoms with Gasteiger partial charge in [-0.15, -0.1) is 0 Å². The molecule has 6 heteroatoms. The third kappa shape index (κ3) is 3.07. The molecule has 1 N–H and O–H groups in total. The summed E-state index contributed by atoms with van der Waals surface area (Å²) in [4.78, 5) is 25.8. The molecule has 1 amide bonds. The number of furan rings is 1. The molecule has 1 heterocycles. The Kier molecular flexibility index (Phi) is 4.52. The molecule has 6 nitrogen and oxygen atoms in total. The average molecular weight is 357 g/mol. The first-order valence-corrected chi connectivity index (χ1v) is 8.52. The summed E-state index contributed by atoms with van der Waals surface area (Å²) in [6.45, 7) is 3.81. The van der Waals surface area contributed by atoms with Crippen LogP contribution in [0.5, 0.6) is 5.75 Å². The van der Waals surface area contributed by atoms with E-state index in [0.717, 1.165) is 29.7 Å². The van der Waals surface area contributed by atoms with Gasteiger partial charge in [-0.1, -0.05) is 12.1 Å². The van der Waals surface area contributed by atoms with Crippen LogP contribution in [0.1, 0.15) is 45.8 Å². The van der Waals surface area contributed by atoms with Crippen molar-refractivity contribution in [3.8, 4) is 5.75 Å². The second-order valence-electron chi connectivity index (χ2n) is 6.92. The van der Waals surface area contributed by atoms with Crippen LogP contribution in [0.25, 0.3) is 0 Å². The second-order valence-corrected chi connectivity index (χ2v) is 6.92. The van der Waals surface area contributed by atoms with Crippen LogP contribution in [0.2, 0.25) is 0 Å². The number of nitrogens with zero attached hydrogens (tertiary/aromatic N) is 1. The van der Waals surface area contributed by atoms with E-state index in [1.54, 1.807) is 26.0 Å². The minimum absolute atomic E-state index is 0.00864. The lowest BCUT2D eigenvalue weighted by molar-refractivity contribution is -0.133. The third-order valence-electron chi connectivity index (χ3n) is 5.06. The van der Waals surface area contributed by atoms with E-state index < -0.39 is 11.4 Å². The van der Waals surface area contributed by atoms with E-state index in [1.807, 2.05) is 25.1 Å². The number of likely N-dealkylation sites (N-methyl/N-ethyl adjacent to an activating group) is 1. The molecular weight excluding hydrogens is 334 g/mol. The van der Waals surface area contributed by atoms with Crippen molar-refractivity contribution in [1.29, 1.82) is 0 Å². The summed E-state index contributed by atoms with van der Waals surface area (Å²) in [5.41, 5.74) is 1.59. The molecule has 0 saturated heterocycles. The van der Waals surface area contributed by atoms with Gasteiger partial charge in [0.05, 0.1) is 19.1 Å². The van der Waals surface area contributed by atoms with Crippen LogP contribution in [-0.4, -0.2) is 36.0 Å². The molecule has 2 aromatic rings. The zero-order chi connectivity index (χ0) is 19.1. The minimum Gasteiger partial charge on any atom is -0.496 e. The summed E-state index contributed by atoms with van der Waals surface area (Å²) in [6, 6.07) is 7.37. The minimum atomic E-state index is -1.03. The van der Waals surface area contributed by atoms with Gasteiger partial charge >= 0.3 is 5.97 Å². The van der Waals surface area contributed by atoms with Crippen molar-refractivity contribution in [2.24, 2.45) is 0 Å². The van der Waals surface area contributed by atoms with Crippen LogP contribution in [0.4, 0.5) is 0 Å². The number of amides is 1. The fourth-order valence-corrected chi connectivity index (χ4v) is 3.37. The Bertz CT molecular complexity index is 863. The maximum absolute atomic E-state index is 13.1. The Morgan fingerprint density at radius 2 is 1.96 bits per heavy atom. The van der Waals surface area contributed by atoms with Crippen molar-refractivity contribution in [1.82, 2.24) is 4.90 Å². The fraction of sp³-hybridized carbons (Fsp3) is 0.400. The van der Waals surface area contributed by atoms with Crippen LogP contribution in [0.3, 0.4) is 0 Å². The standard InChI is InChI=1S/C20H23NO5/c1-12-5-6-14(9-17(12)25-4)20(7-8-20)19(24)21(3)11-15-10-16(18(22)23)13(2)26-15/h5-6,9-10H,7-8,11H2,1-4H3,(H,22,23). The Labute approximate surface area is 152 Å². The predicted octanol–water partition coefficient (Wildman–Crippen LogP) is 3.29. The van der Waals surface area contributed by atoms with Crippen LogP contribution >= 0.6 is 0 Å². The van der Waals surface area contributed by atoms with Crippen molar-refractivity contribution in [2.45, 2.75) is 38.6 Å².